The van der Waals surface area contributed by atoms with Crippen LogP contribution in [0.5, 0.6) is 5.75 Å². The SMILES string of the molecule is Cc1cc(F)c(OCCNc2ncnc(C(F)F)c2I)cc1SCC(F)(F)F. The van der Waals surface area contributed by atoms with Crippen molar-refractivity contribution in [2.24, 2.45) is 0 Å². The van der Waals surface area contributed by atoms with Crippen LogP contribution in [-0.4, -0.2) is 35.0 Å². The van der Waals surface area contributed by atoms with Gasteiger partial charge in [-0.3, -0.25) is 0 Å². The van der Waals surface area contributed by atoms with Crippen molar-refractivity contribution in [1.29, 1.82) is 0 Å². The van der Waals surface area contributed by atoms with Crippen LogP contribution in [0.2, 0.25) is 0 Å². The summed E-state index contributed by atoms with van der Waals surface area (Å²) in [5, 5.41) is 2.78. The van der Waals surface area contributed by atoms with E-state index in [2.05, 4.69) is 15.3 Å². The lowest BCUT2D eigenvalue weighted by atomic mass is 10.2. The first kappa shape index (κ1) is 22.8. The molecule has 0 fully saturated rings. The number of benzene rings is 1. The fourth-order valence-corrected chi connectivity index (χ4v) is 3.55. The van der Waals surface area contributed by atoms with Crippen molar-refractivity contribution in [3.63, 3.8) is 0 Å². The Morgan fingerprint density at radius 2 is 1.96 bits per heavy atom. The van der Waals surface area contributed by atoms with Gasteiger partial charge in [-0.2, -0.15) is 13.2 Å². The molecule has 1 N–H and O–H groups in total. The molecule has 0 saturated carbocycles. The lowest BCUT2D eigenvalue weighted by Crippen LogP contribution is -2.15. The van der Waals surface area contributed by atoms with Crippen LogP contribution < -0.4 is 10.1 Å². The van der Waals surface area contributed by atoms with E-state index in [4.69, 9.17) is 4.74 Å². The molecule has 0 amide bonds. The highest BCUT2D eigenvalue weighted by Crippen LogP contribution is 2.33. The van der Waals surface area contributed by atoms with Gasteiger partial charge in [0, 0.05) is 4.90 Å². The summed E-state index contributed by atoms with van der Waals surface area (Å²) < 4.78 is 82.2. The zero-order valence-electron chi connectivity index (χ0n) is 14.3. The maximum Gasteiger partial charge on any atom is 0.398 e. The van der Waals surface area contributed by atoms with Crippen LogP contribution in [0.15, 0.2) is 23.4 Å². The average Bonchev–Trinajstić information content (AvgIpc) is 2.59. The fourth-order valence-electron chi connectivity index (χ4n) is 2.05. The maximum atomic E-state index is 14.0. The third kappa shape index (κ3) is 6.57. The van der Waals surface area contributed by atoms with E-state index in [9.17, 15) is 26.3 Å². The Hall–Kier alpha value is -1.44. The molecule has 1 aromatic carbocycles. The number of hydrogen-bond donors (Lipinski definition) is 1. The van der Waals surface area contributed by atoms with Crippen molar-refractivity contribution < 1.29 is 31.1 Å². The minimum absolute atomic E-state index is 0.0621. The van der Waals surface area contributed by atoms with Crippen molar-refractivity contribution in [2.45, 2.75) is 24.4 Å². The minimum atomic E-state index is -4.35. The first-order valence-corrected chi connectivity index (χ1v) is 9.80. The predicted octanol–water partition coefficient (Wildman–Crippen LogP) is 5.61. The van der Waals surface area contributed by atoms with Crippen LogP contribution in [0.1, 0.15) is 17.7 Å². The third-order valence-electron chi connectivity index (χ3n) is 3.30. The number of nitrogens with one attached hydrogen (secondary N) is 1. The largest absolute Gasteiger partial charge is 0.489 e. The molecule has 1 heterocycles. The van der Waals surface area contributed by atoms with Crippen molar-refractivity contribution in [2.75, 3.05) is 24.2 Å². The van der Waals surface area contributed by atoms with Crippen molar-refractivity contribution >= 4 is 40.2 Å². The van der Waals surface area contributed by atoms with E-state index in [1.54, 1.807) is 22.6 Å². The van der Waals surface area contributed by atoms with Crippen molar-refractivity contribution in [1.82, 2.24) is 9.97 Å². The predicted molar refractivity (Wildman–Crippen MR) is 102 cm³/mol. The van der Waals surface area contributed by atoms with Gasteiger partial charge < -0.3 is 10.1 Å². The van der Waals surface area contributed by atoms with E-state index in [1.807, 2.05) is 0 Å². The molecule has 0 spiro atoms. The lowest BCUT2D eigenvalue weighted by molar-refractivity contribution is -0.105. The summed E-state index contributed by atoms with van der Waals surface area (Å²) in [4.78, 5) is 7.62. The molecule has 154 valence electrons. The van der Waals surface area contributed by atoms with E-state index >= 15 is 0 Å². The Labute approximate surface area is 174 Å². The number of thioether (sulfide) groups is 1. The number of hydrogen-bond acceptors (Lipinski definition) is 5. The molecule has 4 nitrogen and oxygen atoms in total. The minimum Gasteiger partial charge on any atom is -0.489 e. The van der Waals surface area contributed by atoms with Crippen LogP contribution in [-0.2, 0) is 0 Å². The van der Waals surface area contributed by atoms with Gasteiger partial charge in [0.05, 0.1) is 15.9 Å². The second kappa shape index (κ2) is 9.85. The molecule has 0 saturated heterocycles. The summed E-state index contributed by atoms with van der Waals surface area (Å²) in [6.45, 7) is 1.55. The van der Waals surface area contributed by atoms with Gasteiger partial charge in [0.25, 0.3) is 6.43 Å². The summed E-state index contributed by atoms with van der Waals surface area (Å²) in [6, 6.07) is 2.31. The molecule has 0 radical (unpaired) electrons. The van der Waals surface area contributed by atoms with Crippen LogP contribution in [0.4, 0.5) is 32.2 Å². The van der Waals surface area contributed by atoms with Crippen molar-refractivity contribution in [3.05, 3.63) is 39.1 Å². The molecule has 28 heavy (non-hydrogen) atoms. The standard InChI is InChI=1S/C16H14F6IN3OS/c1-8-4-9(17)10(5-11(8)28-6-16(20,21)22)27-3-2-24-15-12(23)13(14(18)19)25-7-26-15/h4-5,7,14H,2-3,6H2,1H3,(H,24,25,26). The Balaban J connectivity index is 1.97. The highest BCUT2D eigenvalue weighted by molar-refractivity contribution is 14.1. The number of anilines is 1. The molecule has 2 rings (SSSR count). The van der Waals surface area contributed by atoms with Gasteiger partial charge in [0.2, 0.25) is 0 Å². The number of halogens is 7. The second-order valence-corrected chi connectivity index (χ2v) is 7.55. The van der Waals surface area contributed by atoms with Crippen molar-refractivity contribution in [3.8, 4) is 5.75 Å². The van der Waals surface area contributed by atoms with E-state index in [-0.39, 0.29) is 33.2 Å². The first-order valence-electron chi connectivity index (χ1n) is 7.73. The molecule has 0 aliphatic rings. The van der Waals surface area contributed by atoms with Crippen LogP contribution >= 0.6 is 34.4 Å². The number of ether oxygens (including phenoxy) is 1. The molecule has 0 bridgehead atoms. The maximum absolute atomic E-state index is 14.0. The zero-order valence-corrected chi connectivity index (χ0v) is 17.3. The van der Waals surface area contributed by atoms with Crippen LogP contribution in [0, 0.1) is 16.3 Å². The molecule has 0 atom stereocenters. The molecule has 0 aliphatic heterocycles. The summed E-state index contributed by atoms with van der Waals surface area (Å²) in [7, 11) is 0. The van der Waals surface area contributed by atoms with Gasteiger partial charge in [0.1, 0.15) is 24.4 Å². The van der Waals surface area contributed by atoms with Gasteiger partial charge in [0.15, 0.2) is 11.6 Å². The number of nitrogens with zero attached hydrogens (tertiary/aromatic N) is 2. The molecular weight excluding hydrogens is 523 g/mol. The molecule has 0 aliphatic carbocycles. The Bertz CT molecular complexity index is 822. The second-order valence-electron chi connectivity index (χ2n) is 5.45. The van der Waals surface area contributed by atoms with Crippen LogP contribution in [0.3, 0.4) is 0 Å². The highest BCUT2D eigenvalue weighted by Gasteiger charge is 2.27. The Kier molecular flexibility index (Phi) is 8.04. The topological polar surface area (TPSA) is 47.0 Å². The number of rotatable bonds is 8. The number of aryl methyl sites for hydroxylation is 1. The summed E-state index contributed by atoms with van der Waals surface area (Å²) in [5.41, 5.74) is -0.0396. The monoisotopic (exact) mass is 537 g/mol. The summed E-state index contributed by atoms with van der Waals surface area (Å²) in [5.74, 6) is -1.81. The molecule has 1 aromatic heterocycles. The van der Waals surface area contributed by atoms with E-state index in [0.717, 1.165) is 12.4 Å². The van der Waals surface area contributed by atoms with Gasteiger partial charge in [-0.15, -0.1) is 11.8 Å². The van der Waals surface area contributed by atoms with E-state index in [1.165, 1.54) is 13.0 Å². The molecular formula is C16H14F6IN3OS. The first-order chi connectivity index (χ1) is 13.1. The van der Waals surface area contributed by atoms with Crippen LogP contribution in [0.25, 0.3) is 0 Å². The molecule has 0 unspecified atom stereocenters. The molecule has 12 heteroatoms. The zero-order chi connectivity index (χ0) is 20.9. The lowest BCUT2D eigenvalue weighted by Gasteiger charge is -2.13. The highest BCUT2D eigenvalue weighted by atomic mass is 127. The third-order valence-corrected chi connectivity index (χ3v) is 5.58. The Morgan fingerprint density at radius 1 is 1.25 bits per heavy atom. The summed E-state index contributed by atoms with van der Waals surface area (Å²) >= 11 is 2.23. The smallest absolute Gasteiger partial charge is 0.398 e. The fraction of sp³-hybridized carbons (Fsp3) is 0.375. The van der Waals surface area contributed by atoms with Gasteiger partial charge >= 0.3 is 6.18 Å². The normalized spacial score (nSPS) is 11.8. The molecule has 2 aromatic rings. The van der Waals surface area contributed by atoms with Gasteiger partial charge in [-0.1, -0.05) is 0 Å². The summed E-state index contributed by atoms with van der Waals surface area (Å²) in [6.07, 6.45) is -6.10. The van der Waals surface area contributed by atoms with Gasteiger partial charge in [-0.25, -0.2) is 23.1 Å². The van der Waals surface area contributed by atoms with E-state index in [0.29, 0.717) is 17.3 Å². The number of aromatic nitrogens is 2. The van der Waals surface area contributed by atoms with Gasteiger partial charge in [-0.05, 0) is 47.2 Å². The van der Waals surface area contributed by atoms with E-state index < -0.39 is 29.9 Å². The average molecular weight is 537 g/mol. The quantitative estimate of drug-likeness (QED) is 0.205. The number of alkyl halides is 5. The Morgan fingerprint density at radius 3 is 2.61 bits per heavy atom.